The highest BCUT2D eigenvalue weighted by molar-refractivity contribution is 5.56. The summed E-state index contributed by atoms with van der Waals surface area (Å²) in [7, 11) is 0. The lowest BCUT2D eigenvalue weighted by atomic mass is 9.89. The van der Waals surface area contributed by atoms with E-state index in [1.165, 1.54) is 0 Å². The maximum absolute atomic E-state index is 10.2. The van der Waals surface area contributed by atoms with Crippen molar-refractivity contribution < 1.29 is 18.7 Å². The van der Waals surface area contributed by atoms with Crippen LogP contribution in [0.2, 0.25) is 0 Å². The van der Waals surface area contributed by atoms with Crippen molar-refractivity contribution in [3.8, 4) is 11.5 Å². The number of hydrogen-bond donors (Lipinski definition) is 1. The first kappa shape index (κ1) is 8.59. The average Bonchev–Trinajstić information content (AvgIpc) is 2.82. The van der Waals surface area contributed by atoms with Gasteiger partial charge in [0, 0.05) is 0 Å². The molecular formula is C14H18O3. The van der Waals surface area contributed by atoms with E-state index in [1.807, 2.05) is 0 Å². The minimum Gasteiger partial charge on any atom is -0.454 e. The summed E-state index contributed by atoms with van der Waals surface area (Å²) in [5.74, 6) is 1.09. The predicted octanol–water partition coefficient (Wildman–Crippen LogP) is 2.84. The Hall–Kier alpha value is -1.48. The molecule has 17 heavy (non-hydrogen) atoms. The molecule has 1 aromatic carbocycles. The number of aliphatic hydroxyl groups is 1. The van der Waals surface area contributed by atoms with Crippen molar-refractivity contribution in [3.05, 3.63) is 29.8 Å². The molecule has 0 aromatic heterocycles. The van der Waals surface area contributed by atoms with E-state index >= 15 is 0 Å². The van der Waals surface area contributed by atoms with Crippen molar-refractivity contribution in [1.82, 2.24) is 0 Å². The van der Waals surface area contributed by atoms with Crippen molar-refractivity contribution in [1.29, 1.82) is 0 Å². The Labute approximate surface area is 106 Å². The van der Waals surface area contributed by atoms with Crippen molar-refractivity contribution in [3.63, 3.8) is 0 Å². The van der Waals surface area contributed by atoms with Gasteiger partial charge in [0.1, 0.15) is 0 Å². The second-order valence-electron chi connectivity index (χ2n) is 4.92. The summed E-state index contributed by atoms with van der Waals surface area (Å²) in [6.45, 7) is 5.10. The zero-order valence-electron chi connectivity index (χ0n) is 13.2. The molecule has 0 fully saturated rings. The van der Waals surface area contributed by atoms with Gasteiger partial charge >= 0.3 is 0 Å². The highest BCUT2D eigenvalue weighted by atomic mass is 16.7. The molecule has 92 valence electrons. The van der Waals surface area contributed by atoms with Crippen LogP contribution in [0.25, 0.3) is 6.05 Å². The molecule has 0 saturated carbocycles. The molecule has 1 heterocycles. The van der Waals surface area contributed by atoms with Crippen molar-refractivity contribution >= 4 is 6.05 Å². The van der Waals surface area contributed by atoms with Crippen LogP contribution in [0.4, 0.5) is 0 Å². The van der Waals surface area contributed by atoms with Gasteiger partial charge in [0.05, 0.1) is 10.2 Å². The van der Waals surface area contributed by atoms with E-state index in [4.69, 9.17) is 13.6 Å². The van der Waals surface area contributed by atoms with Crippen LogP contribution in [0.1, 0.15) is 30.4 Å². The van der Waals surface area contributed by atoms with Gasteiger partial charge in [-0.2, -0.15) is 0 Å². The summed E-state index contributed by atoms with van der Waals surface area (Å²) in [4.78, 5) is 0. The highest BCUT2D eigenvalue weighted by Gasteiger charge is 2.19. The van der Waals surface area contributed by atoms with Crippen LogP contribution >= 0.6 is 0 Å². The van der Waals surface area contributed by atoms with Gasteiger partial charge in [0.15, 0.2) is 11.5 Å². The summed E-state index contributed by atoms with van der Waals surface area (Å²) >= 11 is 0. The Morgan fingerprint density at radius 2 is 2.12 bits per heavy atom. The van der Waals surface area contributed by atoms with Gasteiger partial charge in [-0.3, -0.25) is 0 Å². The molecule has 1 atom stereocenters. The van der Waals surface area contributed by atoms with Crippen LogP contribution in [0.15, 0.2) is 24.3 Å². The van der Waals surface area contributed by atoms with Crippen LogP contribution in [0, 0.1) is 5.41 Å². The van der Waals surface area contributed by atoms with Crippen LogP contribution in [0.5, 0.6) is 11.5 Å². The monoisotopic (exact) mass is 237 g/mol. The fraction of sp³-hybridized carbons (Fsp3) is 0.429. The number of fused-ring (bicyclic) bond motifs is 1. The van der Waals surface area contributed by atoms with E-state index in [0.29, 0.717) is 17.1 Å². The fourth-order valence-corrected chi connectivity index (χ4v) is 1.29. The molecule has 0 amide bonds. The zero-order chi connectivity index (χ0) is 15.1. The van der Waals surface area contributed by atoms with Gasteiger partial charge in [0.25, 0.3) is 0 Å². The maximum atomic E-state index is 10.2. The molecule has 1 N–H and O–H groups in total. The molecule has 1 aliphatic rings. The molecule has 3 nitrogen and oxygen atoms in total. The first-order valence-electron chi connectivity index (χ1n) is 6.95. The zero-order valence-corrected chi connectivity index (χ0v) is 10.2. The molecule has 0 saturated heterocycles. The lowest BCUT2D eigenvalue weighted by molar-refractivity contribution is 0.106. The van der Waals surface area contributed by atoms with Crippen LogP contribution in [-0.4, -0.2) is 18.0 Å². The van der Waals surface area contributed by atoms with Crippen molar-refractivity contribution in [2.24, 2.45) is 5.41 Å². The van der Waals surface area contributed by atoms with Crippen LogP contribution < -0.4 is 9.47 Å². The second kappa shape index (κ2) is 4.41. The van der Waals surface area contributed by atoms with Gasteiger partial charge in [-0.1, -0.05) is 38.9 Å². The van der Waals surface area contributed by atoms with E-state index in [9.17, 15) is 5.11 Å². The summed E-state index contributed by atoms with van der Waals surface area (Å²) in [6.07, 6.45) is -2.14. The molecule has 0 spiro atoms. The lowest BCUT2D eigenvalue weighted by Crippen LogP contribution is -2.23. The molecule has 1 unspecified atom stereocenters. The van der Waals surface area contributed by atoms with Gasteiger partial charge < -0.3 is 14.6 Å². The van der Waals surface area contributed by atoms with Crippen LogP contribution in [-0.2, 0) is 0 Å². The van der Waals surface area contributed by atoms with E-state index in [0.717, 1.165) is 0 Å². The molecule has 0 aliphatic carbocycles. The smallest absolute Gasteiger partial charge is 0.231 e. The Bertz CT molecular complexity index is 559. The van der Waals surface area contributed by atoms with E-state index in [-0.39, 0.29) is 12.8 Å². The third kappa shape index (κ3) is 2.80. The molecule has 3 heteroatoms. The van der Waals surface area contributed by atoms with Gasteiger partial charge in [0.2, 0.25) is 6.79 Å². The molecule has 0 bridgehead atoms. The number of ether oxygens (including phenoxy) is 2. The lowest BCUT2D eigenvalue weighted by Gasteiger charge is -2.22. The topological polar surface area (TPSA) is 38.7 Å². The van der Waals surface area contributed by atoms with Gasteiger partial charge in [-0.15, -0.1) is 0 Å². The fourth-order valence-electron chi connectivity index (χ4n) is 1.29. The van der Waals surface area contributed by atoms with Gasteiger partial charge in [-0.25, -0.2) is 0 Å². The third-order valence-electron chi connectivity index (χ3n) is 2.41. The second-order valence-corrected chi connectivity index (χ2v) is 4.92. The molecule has 1 aliphatic heterocycles. The standard InChI is InChI=1S/C14H18O3/c1-14(2,3)13(15)7-5-10-4-6-11-12(8-10)17-9-16-11/h4-8,13,15H,9H2,1-3H3/b7-5+/i5D,7D,13D. The minimum absolute atomic E-state index is 0.133. The first-order chi connectivity index (χ1) is 9.14. The maximum Gasteiger partial charge on any atom is 0.231 e. The summed E-state index contributed by atoms with van der Waals surface area (Å²) in [5, 5.41) is 10.2. The summed E-state index contributed by atoms with van der Waals surface area (Å²) in [5.41, 5.74) is -0.457. The Kier molecular flexibility index (Phi) is 2.23. The van der Waals surface area contributed by atoms with E-state index in [2.05, 4.69) is 0 Å². The van der Waals surface area contributed by atoms with E-state index < -0.39 is 17.5 Å². The minimum atomic E-state index is -2.14. The van der Waals surface area contributed by atoms with Gasteiger partial charge in [-0.05, 0) is 23.1 Å². The normalized spacial score (nSPS) is 22.0. The first-order valence-corrected chi connectivity index (χ1v) is 5.45. The van der Waals surface area contributed by atoms with Crippen LogP contribution in [0.3, 0.4) is 0 Å². The Morgan fingerprint density at radius 1 is 1.41 bits per heavy atom. The summed E-state index contributed by atoms with van der Waals surface area (Å²) < 4.78 is 34.3. The number of benzene rings is 1. The molecule has 2 rings (SSSR count). The predicted molar refractivity (Wildman–Crippen MR) is 67.1 cm³/mol. The number of hydrogen-bond acceptors (Lipinski definition) is 3. The Morgan fingerprint density at radius 3 is 2.82 bits per heavy atom. The largest absolute Gasteiger partial charge is 0.454 e. The van der Waals surface area contributed by atoms with Crippen molar-refractivity contribution in [2.75, 3.05) is 6.79 Å². The third-order valence-corrected chi connectivity index (χ3v) is 2.41. The average molecular weight is 237 g/mol. The number of rotatable bonds is 2. The quantitative estimate of drug-likeness (QED) is 0.859. The Balaban J connectivity index is 2.44. The summed E-state index contributed by atoms with van der Waals surface area (Å²) in [6, 6.07) is 4.21. The van der Waals surface area contributed by atoms with Crippen molar-refractivity contribution in [2.45, 2.75) is 26.9 Å². The molecule has 1 aromatic rings. The van der Waals surface area contributed by atoms with E-state index in [1.54, 1.807) is 39.0 Å². The molecule has 0 radical (unpaired) electrons. The SMILES string of the molecule is [2H]/C(=C(/[2H])C([2H])(O)C(C)(C)C)c1ccc2c(c1)OCO2. The molecular weight excluding hydrogens is 216 g/mol. The highest BCUT2D eigenvalue weighted by Crippen LogP contribution is 2.33.